The van der Waals surface area contributed by atoms with Crippen LogP contribution < -0.4 is 5.32 Å². The van der Waals surface area contributed by atoms with Gasteiger partial charge in [0.25, 0.3) is 0 Å². The Morgan fingerprint density at radius 2 is 1.87 bits per heavy atom. The highest BCUT2D eigenvalue weighted by molar-refractivity contribution is 9.10. The Hall–Kier alpha value is -1.35. The van der Waals surface area contributed by atoms with Crippen molar-refractivity contribution in [2.75, 3.05) is 5.32 Å². The van der Waals surface area contributed by atoms with Gasteiger partial charge in [-0.1, -0.05) is 15.9 Å². The second-order valence-electron chi connectivity index (χ2n) is 3.35. The molecule has 0 amide bonds. The molecule has 1 aromatic heterocycles. The van der Waals surface area contributed by atoms with Crippen LogP contribution in [-0.2, 0) is 0 Å². The van der Waals surface area contributed by atoms with Crippen molar-refractivity contribution in [3.63, 3.8) is 0 Å². The fourth-order valence-corrected chi connectivity index (χ4v) is 1.55. The summed E-state index contributed by atoms with van der Waals surface area (Å²) in [6.45, 7) is 2.05. The van der Waals surface area contributed by atoms with E-state index in [4.69, 9.17) is 0 Å². The highest BCUT2D eigenvalue weighted by Gasteiger charge is 1.95. The van der Waals surface area contributed by atoms with Crippen LogP contribution in [0.4, 0.5) is 11.5 Å². The number of nitrogens with one attached hydrogen (secondary N) is 1. The number of pyridine rings is 1. The first-order chi connectivity index (χ1) is 7.24. The van der Waals surface area contributed by atoms with Gasteiger partial charge in [0.05, 0.1) is 0 Å². The van der Waals surface area contributed by atoms with Crippen LogP contribution in [0.15, 0.2) is 47.1 Å². The average Bonchev–Trinajstić information content (AvgIpc) is 2.22. The van der Waals surface area contributed by atoms with Crippen molar-refractivity contribution in [3.8, 4) is 0 Å². The van der Waals surface area contributed by atoms with E-state index in [1.807, 2.05) is 36.4 Å². The maximum atomic E-state index is 4.23. The highest BCUT2D eigenvalue weighted by atomic mass is 79.9. The molecule has 0 aliphatic carbocycles. The largest absolute Gasteiger partial charge is 0.340 e. The molecular weight excluding hydrogens is 252 g/mol. The van der Waals surface area contributed by atoms with Crippen LogP contribution in [0.5, 0.6) is 0 Å². The van der Waals surface area contributed by atoms with E-state index in [1.165, 1.54) is 5.56 Å². The molecule has 3 heteroatoms. The molecule has 0 saturated heterocycles. The van der Waals surface area contributed by atoms with Gasteiger partial charge in [0.1, 0.15) is 5.82 Å². The van der Waals surface area contributed by atoms with Crippen molar-refractivity contribution in [3.05, 3.63) is 52.6 Å². The molecule has 2 nitrogen and oxygen atoms in total. The van der Waals surface area contributed by atoms with Gasteiger partial charge >= 0.3 is 0 Å². The van der Waals surface area contributed by atoms with Crippen LogP contribution >= 0.6 is 15.9 Å². The van der Waals surface area contributed by atoms with E-state index >= 15 is 0 Å². The van der Waals surface area contributed by atoms with E-state index in [9.17, 15) is 0 Å². The predicted molar refractivity (Wildman–Crippen MR) is 66.4 cm³/mol. The number of benzene rings is 1. The third kappa shape index (κ3) is 2.80. The van der Waals surface area contributed by atoms with E-state index in [1.54, 1.807) is 6.20 Å². The Kier molecular flexibility index (Phi) is 3.02. The van der Waals surface area contributed by atoms with E-state index in [-0.39, 0.29) is 0 Å². The van der Waals surface area contributed by atoms with Gasteiger partial charge in [-0.15, -0.1) is 0 Å². The molecule has 0 aliphatic heterocycles. The molecule has 0 aliphatic rings. The predicted octanol–water partition coefficient (Wildman–Crippen LogP) is 3.90. The van der Waals surface area contributed by atoms with Crippen molar-refractivity contribution >= 4 is 27.4 Å². The number of nitrogens with zero attached hydrogens (tertiary/aromatic N) is 1. The van der Waals surface area contributed by atoms with Crippen molar-refractivity contribution in [2.45, 2.75) is 6.92 Å². The molecule has 1 heterocycles. The summed E-state index contributed by atoms with van der Waals surface area (Å²) in [4.78, 5) is 4.23. The lowest BCUT2D eigenvalue weighted by molar-refractivity contribution is 1.27. The molecule has 76 valence electrons. The standard InChI is InChI=1S/C12H11BrN2/c1-9-6-7-14-12(8-9)15-11-4-2-10(13)3-5-11/h2-8H,1H3,(H,14,15). The van der Waals surface area contributed by atoms with Crippen molar-refractivity contribution in [1.29, 1.82) is 0 Å². The third-order valence-corrected chi connectivity index (χ3v) is 2.56. The molecule has 15 heavy (non-hydrogen) atoms. The molecular formula is C12H11BrN2. The van der Waals surface area contributed by atoms with Crippen molar-refractivity contribution < 1.29 is 0 Å². The molecule has 2 rings (SSSR count). The zero-order chi connectivity index (χ0) is 10.7. The summed E-state index contributed by atoms with van der Waals surface area (Å²) in [6, 6.07) is 12.0. The molecule has 0 atom stereocenters. The van der Waals surface area contributed by atoms with Crippen LogP contribution in [0.3, 0.4) is 0 Å². The van der Waals surface area contributed by atoms with Crippen LogP contribution in [-0.4, -0.2) is 4.98 Å². The smallest absolute Gasteiger partial charge is 0.130 e. The van der Waals surface area contributed by atoms with E-state index in [0.29, 0.717) is 0 Å². The Morgan fingerprint density at radius 3 is 2.53 bits per heavy atom. The molecule has 0 fully saturated rings. The van der Waals surface area contributed by atoms with Crippen LogP contribution in [0.2, 0.25) is 0 Å². The highest BCUT2D eigenvalue weighted by Crippen LogP contribution is 2.18. The number of halogens is 1. The van der Waals surface area contributed by atoms with E-state index in [2.05, 4.69) is 33.2 Å². The Balaban J connectivity index is 2.18. The minimum atomic E-state index is 0.873. The topological polar surface area (TPSA) is 24.9 Å². The SMILES string of the molecule is Cc1ccnc(Nc2ccc(Br)cc2)c1. The van der Waals surface area contributed by atoms with Gasteiger partial charge in [0.15, 0.2) is 0 Å². The molecule has 0 bridgehead atoms. The number of hydrogen-bond acceptors (Lipinski definition) is 2. The summed E-state index contributed by atoms with van der Waals surface area (Å²) >= 11 is 3.40. The lowest BCUT2D eigenvalue weighted by Gasteiger charge is -2.05. The van der Waals surface area contributed by atoms with Crippen LogP contribution in [0, 0.1) is 6.92 Å². The summed E-state index contributed by atoms with van der Waals surface area (Å²) in [5, 5.41) is 3.24. The summed E-state index contributed by atoms with van der Waals surface area (Å²) < 4.78 is 1.07. The number of rotatable bonds is 2. The first kappa shape index (κ1) is 10.2. The minimum absolute atomic E-state index is 0.873. The van der Waals surface area contributed by atoms with Gasteiger partial charge in [-0.2, -0.15) is 0 Å². The van der Waals surface area contributed by atoms with Crippen LogP contribution in [0.25, 0.3) is 0 Å². The molecule has 2 aromatic rings. The Bertz CT molecular complexity index is 451. The molecule has 0 unspecified atom stereocenters. The molecule has 0 saturated carbocycles. The Labute approximate surface area is 97.5 Å². The first-order valence-electron chi connectivity index (χ1n) is 4.69. The summed E-state index contributed by atoms with van der Waals surface area (Å²) in [5.74, 6) is 0.873. The lowest BCUT2D eigenvalue weighted by atomic mass is 10.3. The quantitative estimate of drug-likeness (QED) is 0.888. The first-order valence-corrected chi connectivity index (χ1v) is 5.48. The molecule has 1 N–H and O–H groups in total. The van der Waals surface area contributed by atoms with Crippen molar-refractivity contribution in [2.24, 2.45) is 0 Å². The number of anilines is 2. The van der Waals surface area contributed by atoms with Gasteiger partial charge in [-0.3, -0.25) is 0 Å². The molecule has 0 radical (unpaired) electrons. The van der Waals surface area contributed by atoms with Gasteiger partial charge in [0.2, 0.25) is 0 Å². The molecule has 1 aromatic carbocycles. The third-order valence-electron chi connectivity index (χ3n) is 2.03. The minimum Gasteiger partial charge on any atom is -0.340 e. The maximum Gasteiger partial charge on any atom is 0.130 e. The fourth-order valence-electron chi connectivity index (χ4n) is 1.29. The summed E-state index contributed by atoms with van der Waals surface area (Å²) in [7, 11) is 0. The normalized spacial score (nSPS) is 10.0. The maximum absolute atomic E-state index is 4.23. The summed E-state index contributed by atoms with van der Waals surface area (Å²) in [6.07, 6.45) is 1.80. The van der Waals surface area contributed by atoms with Gasteiger partial charge < -0.3 is 5.32 Å². The van der Waals surface area contributed by atoms with Gasteiger partial charge in [-0.25, -0.2) is 4.98 Å². The summed E-state index contributed by atoms with van der Waals surface area (Å²) in [5.41, 5.74) is 2.24. The average molecular weight is 263 g/mol. The van der Waals surface area contributed by atoms with E-state index < -0.39 is 0 Å². The fraction of sp³-hybridized carbons (Fsp3) is 0.0833. The van der Waals surface area contributed by atoms with Gasteiger partial charge in [0, 0.05) is 16.4 Å². The zero-order valence-corrected chi connectivity index (χ0v) is 9.95. The molecule has 0 spiro atoms. The van der Waals surface area contributed by atoms with Gasteiger partial charge in [-0.05, 0) is 48.9 Å². The number of aryl methyl sites for hydroxylation is 1. The van der Waals surface area contributed by atoms with E-state index in [0.717, 1.165) is 16.0 Å². The second kappa shape index (κ2) is 4.45. The van der Waals surface area contributed by atoms with Crippen molar-refractivity contribution in [1.82, 2.24) is 4.98 Å². The number of aromatic nitrogens is 1. The second-order valence-corrected chi connectivity index (χ2v) is 4.27. The zero-order valence-electron chi connectivity index (χ0n) is 8.37. The monoisotopic (exact) mass is 262 g/mol. The lowest BCUT2D eigenvalue weighted by Crippen LogP contribution is -1.92. The Morgan fingerprint density at radius 1 is 1.13 bits per heavy atom. The number of hydrogen-bond donors (Lipinski definition) is 1. The van der Waals surface area contributed by atoms with Crippen LogP contribution in [0.1, 0.15) is 5.56 Å².